The number of hydrogen-bond acceptors (Lipinski definition) is 2. The summed E-state index contributed by atoms with van der Waals surface area (Å²) in [5, 5.41) is 13.2. The van der Waals surface area contributed by atoms with Gasteiger partial charge in [0.15, 0.2) is 5.58 Å². The highest BCUT2D eigenvalue weighted by atomic mass is 16.3. The van der Waals surface area contributed by atoms with Crippen LogP contribution in [0.2, 0.25) is 0 Å². The Morgan fingerprint density at radius 1 is 0.438 bits per heavy atom. The van der Waals surface area contributed by atoms with E-state index < -0.39 is 0 Å². The van der Waals surface area contributed by atoms with Gasteiger partial charge < -0.3 is 4.42 Å². The van der Waals surface area contributed by atoms with Crippen molar-refractivity contribution in [2.45, 2.75) is 0 Å². The number of fused-ring (bicyclic) bond motifs is 16. The smallest absolute Gasteiger partial charge is 0.160 e. The van der Waals surface area contributed by atoms with Crippen LogP contribution in [0.25, 0.3) is 104 Å². The Morgan fingerprint density at radius 2 is 1.00 bits per heavy atom. The molecule has 0 bridgehead atoms. The number of furan rings is 1. The van der Waals surface area contributed by atoms with Gasteiger partial charge in [-0.25, -0.2) is 4.98 Å². The van der Waals surface area contributed by atoms with Crippen LogP contribution in [-0.4, -0.2) is 9.55 Å². The van der Waals surface area contributed by atoms with Gasteiger partial charge in [-0.3, -0.25) is 4.57 Å². The average molecular weight is 611 g/mol. The number of aromatic nitrogens is 2. The van der Waals surface area contributed by atoms with E-state index in [-0.39, 0.29) is 0 Å². The van der Waals surface area contributed by atoms with Crippen LogP contribution < -0.4 is 0 Å². The van der Waals surface area contributed by atoms with Crippen LogP contribution in [0.5, 0.6) is 0 Å². The molecule has 0 radical (unpaired) electrons. The van der Waals surface area contributed by atoms with Gasteiger partial charge in [0.2, 0.25) is 0 Å². The number of hydrogen-bond donors (Lipinski definition) is 0. The summed E-state index contributed by atoms with van der Waals surface area (Å²) in [4.78, 5) is 5.38. The van der Waals surface area contributed by atoms with Crippen molar-refractivity contribution in [3.8, 4) is 16.9 Å². The predicted octanol–water partition coefficient (Wildman–Crippen LogP) is 12.4. The third kappa shape index (κ3) is 3.35. The maximum Gasteiger partial charge on any atom is 0.160 e. The molecule has 11 aromatic rings. The van der Waals surface area contributed by atoms with Crippen molar-refractivity contribution < 1.29 is 4.42 Å². The quantitative estimate of drug-likeness (QED) is 0.182. The topological polar surface area (TPSA) is 31.0 Å². The summed E-state index contributed by atoms with van der Waals surface area (Å²) in [6.45, 7) is 0. The van der Waals surface area contributed by atoms with Crippen LogP contribution in [-0.2, 0) is 0 Å². The lowest BCUT2D eigenvalue weighted by molar-refractivity contribution is 0.671. The van der Waals surface area contributed by atoms with Gasteiger partial charge in [-0.05, 0) is 56.9 Å². The van der Waals surface area contributed by atoms with E-state index in [0.29, 0.717) is 0 Å². The molecule has 0 aliphatic heterocycles. The first kappa shape index (κ1) is 25.7. The van der Waals surface area contributed by atoms with E-state index in [4.69, 9.17) is 9.40 Å². The largest absolute Gasteiger partial charge is 0.454 e. The Hall–Kier alpha value is -6.45. The van der Waals surface area contributed by atoms with Crippen molar-refractivity contribution in [1.82, 2.24) is 9.55 Å². The molecule has 48 heavy (non-hydrogen) atoms. The van der Waals surface area contributed by atoms with E-state index >= 15 is 0 Å². The van der Waals surface area contributed by atoms with Crippen molar-refractivity contribution >= 4 is 87.0 Å². The van der Waals surface area contributed by atoms with Crippen LogP contribution in [0.3, 0.4) is 0 Å². The first-order chi connectivity index (χ1) is 23.8. The molecule has 8 aromatic carbocycles. The molecule has 3 heterocycles. The fraction of sp³-hybridized carbons (Fsp3) is 0. The van der Waals surface area contributed by atoms with Crippen molar-refractivity contribution in [2.24, 2.45) is 0 Å². The van der Waals surface area contributed by atoms with E-state index in [1.54, 1.807) is 0 Å². The van der Waals surface area contributed by atoms with Crippen LogP contribution in [0, 0.1) is 0 Å². The molecule has 3 heteroatoms. The second-order valence-corrected chi connectivity index (χ2v) is 12.6. The monoisotopic (exact) mass is 610 g/mol. The van der Waals surface area contributed by atoms with Crippen LogP contribution in [0.4, 0.5) is 0 Å². The van der Waals surface area contributed by atoms with Gasteiger partial charge in [0.05, 0.1) is 16.6 Å². The fourth-order valence-corrected chi connectivity index (χ4v) is 8.20. The second kappa shape index (κ2) is 9.54. The number of nitrogens with zero attached hydrogens (tertiary/aromatic N) is 2. The number of rotatable bonds is 2. The lowest BCUT2D eigenvalue weighted by atomic mass is 9.89. The molecule has 3 aromatic heterocycles. The summed E-state index contributed by atoms with van der Waals surface area (Å²) in [6, 6.07) is 56.2. The van der Waals surface area contributed by atoms with Gasteiger partial charge >= 0.3 is 0 Å². The highest BCUT2D eigenvalue weighted by Gasteiger charge is 2.26. The second-order valence-electron chi connectivity index (χ2n) is 12.6. The molecule has 0 spiro atoms. The molecule has 0 aliphatic carbocycles. The Balaban J connectivity index is 1.45. The third-order valence-electron chi connectivity index (χ3n) is 10.1. The summed E-state index contributed by atoms with van der Waals surface area (Å²) >= 11 is 0. The maximum absolute atomic E-state index is 6.98. The highest BCUT2D eigenvalue weighted by molar-refractivity contribution is 6.44. The minimum absolute atomic E-state index is 0.866. The van der Waals surface area contributed by atoms with E-state index in [2.05, 4.69) is 162 Å². The first-order valence-electron chi connectivity index (χ1n) is 16.4. The minimum Gasteiger partial charge on any atom is -0.454 e. The summed E-state index contributed by atoms with van der Waals surface area (Å²) < 4.78 is 9.33. The summed E-state index contributed by atoms with van der Waals surface area (Å²) in [5.74, 6) is 0.866. The van der Waals surface area contributed by atoms with Gasteiger partial charge in [-0.15, -0.1) is 0 Å². The summed E-state index contributed by atoms with van der Waals surface area (Å²) in [6.07, 6.45) is 0. The van der Waals surface area contributed by atoms with Crippen molar-refractivity contribution in [2.75, 3.05) is 0 Å². The predicted molar refractivity (Wildman–Crippen MR) is 201 cm³/mol. The Morgan fingerprint density at radius 3 is 1.75 bits per heavy atom. The lowest BCUT2D eigenvalue weighted by Crippen LogP contribution is -1.99. The van der Waals surface area contributed by atoms with Crippen LogP contribution >= 0.6 is 0 Å². The standard InChI is InChI=1S/C45H26N2O/c1-2-14-27(15-3-1)35-26-39(46-36-23-11-8-18-30(35)36)47-37-24-12-9-21-33(37)42-40-31-19-6-4-16-28(31)29-17-5-7-20-32(29)41(40)43-34-22-10-13-25-38(34)48-45(43)44(42)47/h1-26H. The minimum atomic E-state index is 0.866. The number of benzene rings is 8. The molecule has 0 unspecified atom stereocenters. The Bertz CT molecular complexity index is 3110. The molecule has 11 rings (SSSR count). The highest BCUT2D eigenvalue weighted by Crippen LogP contribution is 2.50. The number of para-hydroxylation sites is 3. The Kier molecular flexibility index (Phi) is 5.11. The van der Waals surface area contributed by atoms with E-state index in [1.807, 2.05) is 0 Å². The van der Waals surface area contributed by atoms with Gasteiger partial charge in [-0.2, -0.15) is 0 Å². The third-order valence-corrected chi connectivity index (χ3v) is 10.1. The molecule has 0 fully saturated rings. The zero-order valence-electron chi connectivity index (χ0n) is 25.8. The first-order valence-corrected chi connectivity index (χ1v) is 16.4. The molecular weight excluding hydrogens is 585 g/mol. The van der Waals surface area contributed by atoms with E-state index in [0.717, 1.165) is 60.8 Å². The fourth-order valence-electron chi connectivity index (χ4n) is 8.20. The van der Waals surface area contributed by atoms with Crippen LogP contribution in [0.15, 0.2) is 162 Å². The van der Waals surface area contributed by atoms with Gasteiger partial charge in [0, 0.05) is 37.7 Å². The van der Waals surface area contributed by atoms with Gasteiger partial charge in [0.25, 0.3) is 0 Å². The zero-order chi connectivity index (χ0) is 31.3. The van der Waals surface area contributed by atoms with Crippen LogP contribution in [0.1, 0.15) is 0 Å². The van der Waals surface area contributed by atoms with E-state index in [9.17, 15) is 0 Å². The number of pyridine rings is 1. The Labute approximate surface area is 274 Å². The molecular formula is C45H26N2O. The zero-order valence-corrected chi connectivity index (χ0v) is 25.8. The lowest BCUT2D eigenvalue weighted by Gasteiger charge is -2.15. The SMILES string of the molecule is c1ccc(-c2cc(-n3c4ccccc4c4c5c6ccccc6c6ccccc6c5c5c6ccccc6oc5c43)nc3ccccc23)cc1. The summed E-state index contributed by atoms with van der Waals surface area (Å²) in [5.41, 5.74) is 7.17. The molecule has 0 amide bonds. The van der Waals surface area contributed by atoms with E-state index in [1.165, 1.54) is 43.1 Å². The molecule has 0 saturated heterocycles. The van der Waals surface area contributed by atoms with Crippen molar-refractivity contribution in [3.05, 3.63) is 158 Å². The normalized spacial score (nSPS) is 12.2. The van der Waals surface area contributed by atoms with Crippen molar-refractivity contribution in [3.63, 3.8) is 0 Å². The van der Waals surface area contributed by atoms with Crippen molar-refractivity contribution in [1.29, 1.82) is 0 Å². The van der Waals surface area contributed by atoms with Gasteiger partial charge in [0.1, 0.15) is 11.4 Å². The molecule has 0 N–H and O–H groups in total. The summed E-state index contributed by atoms with van der Waals surface area (Å²) in [7, 11) is 0. The molecule has 0 saturated carbocycles. The molecule has 222 valence electrons. The molecule has 0 atom stereocenters. The molecule has 3 nitrogen and oxygen atoms in total. The molecule has 0 aliphatic rings. The van der Waals surface area contributed by atoms with Gasteiger partial charge in [-0.1, -0.05) is 133 Å². The average Bonchev–Trinajstić information content (AvgIpc) is 3.71. The maximum atomic E-state index is 6.98.